The Morgan fingerprint density at radius 3 is 2.53 bits per heavy atom. The van der Waals surface area contributed by atoms with Crippen LogP contribution in [-0.4, -0.2) is 4.98 Å². The molecular formula is C12H9Br2ClN2. The van der Waals surface area contributed by atoms with Crippen LogP contribution in [0.15, 0.2) is 45.5 Å². The molecule has 0 aliphatic carbocycles. The van der Waals surface area contributed by atoms with Gasteiger partial charge in [0, 0.05) is 17.2 Å². The third-order valence-electron chi connectivity index (χ3n) is 2.18. The first kappa shape index (κ1) is 12.9. The van der Waals surface area contributed by atoms with Crippen molar-refractivity contribution >= 4 is 49.3 Å². The third-order valence-corrected chi connectivity index (χ3v) is 3.52. The monoisotopic (exact) mass is 374 g/mol. The molecule has 0 spiro atoms. The Morgan fingerprint density at radius 2 is 1.88 bits per heavy atom. The maximum atomic E-state index is 5.83. The second-order valence-corrected chi connectivity index (χ2v) is 5.67. The van der Waals surface area contributed by atoms with Gasteiger partial charge in [0.2, 0.25) is 0 Å². The molecule has 0 aliphatic rings. The second kappa shape index (κ2) is 5.85. The highest BCUT2D eigenvalue weighted by atomic mass is 79.9. The Morgan fingerprint density at radius 1 is 1.18 bits per heavy atom. The molecule has 0 fully saturated rings. The van der Waals surface area contributed by atoms with Crippen molar-refractivity contribution in [3.8, 4) is 0 Å². The summed E-state index contributed by atoms with van der Waals surface area (Å²) in [4.78, 5) is 4.21. The molecule has 0 radical (unpaired) electrons. The van der Waals surface area contributed by atoms with Crippen LogP contribution in [0.3, 0.4) is 0 Å². The van der Waals surface area contributed by atoms with Gasteiger partial charge in [0.05, 0.1) is 9.50 Å². The quantitative estimate of drug-likeness (QED) is 0.826. The number of halogens is 3. The number of aromatic nitrogens is 1. The molecule has 1 heterocycles. The van der Waals surface area contributed by atoms with E-state index in [1.54, 1.807) is 6.20 Å². The molecule has 2 nitrogen and oxygen atoms in total. The lowest BCUT2D eigenvalue weighted by Gasteiger charge is -2.07. The molecular weight excluding hydrogens is 367 g/mol. The molecule has 1 N–H and O–H groups in total. The van der Waals surface area contributed by atoms with Crippen molar-refractivity contribution in [3.63, 3.8) is 0 Å². The summed E-state index contributed by atoms with van der Waals surface area (Å²) < 4.78 is 1.94. The Hall–Kier alpha value is -0.580. The topological polar surface area (TPSA) is 24.9 Å². The van der Waals surface area contributed by atoms with Crippen LogP contribution >= 0.6 is 43.5 Å². The first-order valence-corrected chi connectivity index (χ1v) is 6.91. The van der Waals surface area contributed by atoms with E-state index in [0.29, 0.717) is 5.02 Å². The molecule has 0 amide bonds. The Labute approximate surface area is 122 Å². The number of pyridine rings is 1. The predicted octanol–water partition coefficient (Wildman–Crippen LogP) is 4.87. The minimum absolute atomic E-state index is 0.617. The first-order valence-electron chi connectivity index (χ1n) is 4.94. The fourth-order valence-electron chi connectivity index (χ4n) is 1.33. The summed E-state index contributed by atoms with van der Waals surface area (Å²) in [5, 5.41) is 3.86. The van der Waals surface area contributed by atoms with Crippen molar-refractivity contribution in [2.45, 2.75) is 6.54 Å². The lowest BCUT2D eigenvalue weighted by molar-refractivity contribution is 1.10. The molecule has 5 heteroatoms. The van der Waals surface area contributed by atoms with Crippen molar-refractivity contribution in [1.29, 1.82) is 0 Å². The minimum atomic E-state index is 0.617. The molecule has 0 unspecified atom stereocenters. The fourth-order valence-corrected chi connectivity index (χ4v) is 2.38. The highest BCUT2D eigenvalue weighted by molar-refractivity contribution is 9.10. The molecule has 0 atom stereocenters. The van der Waals surface area contributed by atoms with Gasteiger partial charge in [-0.05, 0) is 39.7 Å². The maximum Gasteiger partial charge on any atom is 0.140 e. The van der Waals surface area contributed by atoms with Crippen LogP contribution in [0.2, 0.25) is 5.02 Å². The van der Waals surface area contributed by atoms with Gasteiger partial charge >= 0.3 is 0 Å². The van der Waals surface area contributed by atoms with Gasteiger partial charge in [-0.25, -0.2) is 4.98 Å². The summed E-state index contributed by atoms with van der Waals surface area (Å²) in [6.07, 6.45) is 1.62. The second-order valence-electron chi connectivity index (χ2n) is 3.46. The van der Waals surface area contributed by atoms with Gasteiger partial charge < -0.3 is 5.32 Å². The van der Waals surface area contributed by atoms with E-state index in [9.17, 15) is 0 Å². The van der Waals surface area contributed by atoms with E-state index in [1.807, 2.05) is 18.2 Å². The molecule has 0 saturated carbocycles. The van der Waals surface area contributed by atoms with Gasteiger partial charge in [-0.2, -0.15) is 0 Å². The Balaban J connectivity index is 2.04. The van der Waals surface area contributed by atoms with Gasteiger partial charge in [0.15, 0.2) is 0 Å². The lowest BCUT2D eigenvalue weighted by Crippen LogP contribution is -2.01. The van der Waals surface area contributed by atoms with Crippen molar-refractivity contribution in [2.24, 2.45) is 0 Å². The van der Waals surface area contributed by atoms with E-state index in [2.05, 4.69) is 54.3 Å². The molecule has 17 heavy (non-hydrogen) atoms. The van der Waals surface area contributed by atoms with Crippen LogP contribution in [0.1, 0.15) is 5.56 Å². The number of rotatable bonds is 3. The highest BCUT2D eigenvalue weighted by Gasteiger charge is 2.02. The summed E-state index contributed by atoms with van der Waals surface area (Å²) in [6, 6.07) is 9.96. The van der Waals surface area contributed by atoms with Crippen LogP contribution in [0.5, 0.6) is 0 Å². The largest absolute Gasteiger partial charge is 0.365 e. The van der Waals surface area contributed by atoms with E-state index in [0.717, 1.165) is 21.3 Å². The lowest BCUT2D eigenvalue weighted by atomic mass is 10.2. The molecule has 1 aromatic heterocycles. The summed E-state index contributed by atoms with van der Waals surface area (Å²) in [5.74, 6) is 0.789. The number of hydrogen-bond donors (Lipinski definition) is 1. The SMILES string of the molecule is Clc1cnc(NCc2ccc(Br)cc2)c(Br)c1. The average molecular weight is 376 g/mol. The van der Waals surface area contributed by atoms with Crippen molar-refractivity contribution < 1.29 is 0 Å². The maximum absolute atomic E-state index is 5.83. The van der Waals surface area contributed by atoms with E-state index in [1.165, 1.54) is 5.56 Å². The Kier molecular flexibility index (Phi) is 4.42. The smallest absolute Gasteiger partial charge is 0.140 e. The van der Waals surface area contributed by atoms with Gasteiger partial charge in [-0.3, -0.25) is 0 Å². The van der Waals surface area contributed by atoms with Crippen LogP contribution in [0.4, 0.5) is 5.82 Å². The zero-order valence-electron chi connectivity index (χ0n) is 8.75. The zero-order chi connectivity index (χ0) is 12.3. The minimum Gasteiger partial charge on any atom is -0.365 e. The van der Waals surface area contributed by atoms with E-state index in [-0.39, 0.29) is 0 Å². The molecule has 0 saturated heterocycles. The molecule has 2 rings (SSSR count). The number of nitrogens with zero attached hydrogens (tertiary/aromatic N) is 1. The van der Waals surface area contributed by atoms with Gasteiger partial charge in [0.25, 0.3) is 0 Å². The highest BCUT2D eigenvalue weighted by Crippen LogP contribution is 2.23. The summed E-state index contributed by atoms with van der Waals surface area (Å²) >= 11 is 12.6. The van der Waals surface area contributed by atoms with Crippen LogP contribution in [0, 0.1) is 0 Å². The average Bonchev–Trinajstić information content (AvgIpc) is 2.30. The first-order chi connectivity index (χ1) is 8.15. The van der Waals surface area contributed by atoms with Gasteiger partial charge in [0.1, 0.15) is 5.82 Å². The molecule has 88 valence electrons. The van der Waals surface area contributed by atoms with E-state index < -0.39 is 0 Å². The van der Waals surface area contributed by atoms with Crippen LogP contribution in [0.25, 0.3) is 0 Å². The summed E-state index contributed by atoms with van der Waals surface area (Å²) in [7, 11) is 0. The predicted molar refractivity (Wildman–Crippen MR) is 78.4 cm³/mol. The van der Waals surface area contributed by atoms with Crippen molar-refractivity contribution in [3.05, 3.63) is 56.1 Å². The van der Waals surface area contributed by atoms with Gasteiger partial charge in [-0.1, -0.05) is 39.7 Å². The van der Waals surface area contributed by atoms with E-state index in [4.69, 9.17) is 11.6 Å². The zero-order valence-corrected chi connectivity index (χ0v) is 12.7. The summed E-state index contributed by atoms with van der Waals surface area (Å²) in [5.41, 5.74) is 1.19. The van der Waals surface area contributed by atoms with E-state index >= 15 is 0 Å². The Bertz CT molecular complexity index is 514. The van der Waals surface area contributed by atoms with Crippen molar-refractivity contribution in [1.82, 2.24) is 4.98 Å². The molecule has 0 bridgehead atoms. The summed E-state index contributed by atoms with van der Waals surface area (Å²) in [6.45, 7) is 0.723. The van der Waals surface area contributed by atoms with Crippen LogP contribution < -0.4 is 5.32 Å². The number of hydrogen-bond acceptors (Lipinski definition) is 2. The number of anilines is 1. The molecule has 0 aliphatic heterocycles. The number of benzene rings is 1. The third kappa shape index (κ3) is 3.69. The van der Waals surface area contributed by atoms with Crippen molar-refractivity contribution in [2.75, 3.05) is 5.32 Å². The molecule has 2 aromatic rings. The van der Waals surface area contributed by atoms with Crippen LogP contribution in [-0.2, 0) is 6.54 Å². The normalized spacial score (nSPS) is 10.3. The van der Waals surface area contributed by atoms with Gasteiger partial charge in [-0.15, -0.1) is 0 Å². The molecule has 1 aromatic carbocycles. The number of nitrogens with one attached hydrogen (secondary N) is 1. The standard InChI is InChI=1S/C12H9Br2ClN2/c13-9-3-1-8(2-4-9)6-16-12-11(14)5-10(15)7-17-12/h1-5,7H,6H2,(H,16,17). The fraction of sp³-hybridized carbons (Fsp3) is 0.0833.